The minimum Gasteiger partial charge on any atom is -0.356 e. The largest absolute Gasteiger partial charge is 0.356 e. The monoisotopic (exact) mass is 357 g/mol. The first-order valence-corrected chi connectivity index (χ1v) is 8.74. The molecule has 3 heterocycles. The third-order valence-corrected chi connectivity index (χ3v) is 4.71. The number of nitrogens with zero attached hydrogens (tertiary/aromatic N) is 4. The molecule has 3 aromatic heterocycles. The Balaban J connectivity index is 1.72. The third-order valence-electron chi connectivity index (χ3n) is 3.64. The van der Waals surface area contributed by atoms with E-state index in [0.717, 1.165) is 27.7 Å². The summed E-state index contributed by atoms with van der Waals surface area (Å²) in [6, 6.07) is 1.85. The van der Waals surface area contributed by atoms with Crippen LogP contribution in [-0.2, 0) is 6.42 Å². The van der Waals surface area contributed by atoms with Crippen LogP contribution in [0.2, 0.25) is 0 Å². The van der Waals surface area contributed by atoms with E-state index in [9.17, 15) is 4.79 Å². The summed E-state index contributed by atoms with van der Waals surface area (Å²) >= 11 is 1.40. The van der Waals surface area contributed by atoms with Crippen LogP contribution in [0.4, 0.5) is 0 Å². The molecule has 0 fully saturated rings. The molecule has 0 saturated heterocycles. The van der Waals surface area contributed by atoms with Crippen LogP contribution >= 0.6 is 11.3 Å². The highest BCUT2D eigenvalue weighted by atomic mass is 32.1. The molecule has 8 heteroatoms. The number of carbonyl (C=O) groups is 1. The van der Waals surface area contributed by atoms with Gasteiger partial charge in [-0.1, -0.05) is 5.16 Å². The van der Waals surface area contributed by atoms with Crippen molar-refractivity contribution in [2.45, 2.75) is 34.1 Å². The van der Waals surface area contributed by atoms with Crippen molar-refractivity contribution in [3.05, 3.63) is 45.1 Å². The van der Waals surface area contributed by atoms with Crippen LogP contribution in [-0.4, -0.2) is 32.6 Å². The number of aromatic nitrogens is 4. The molecule has 1 amide bonds. The maximum Gasteiger partial charge on any atom is 0.263 e. The van der Waals surface area contributed by atoms with E-state index in [1.807, 2.05) is 33.8 Å². The fourth-order valence-corrected chi connectivity index (χ4v) is 3.36. The highest BCUT2D eigenvalue weighted by Gasteiger charge is 2.15. The fraction of sp³-hybridized carbons (Fsp3) is 0.353. The molecule has 0 aromatic carbocycles. The van der Waals surface area contributed by atoms with Crippen LogP contribution in [0.3, 0.4) is 0 Å². The normalized spacial score (nSPS) is 10.9. The summed E-state index contributed by atoms with van der Waals surface area (Å²) in [4.78, 5) is 26.0. The van der Waals surface area contributed by atoms with Gasteiger partial charge in [-0.15, -0.1) is 11.3 Å². The average molecular weight is 357 g/mol. The van der Waals surface area contributed by atoms with Crippen LogP contribution < -0.4 is 5.32 Å². The van der Waals surface area contributed by atoms with Gasteiger partial charge in [0.2, 0.25) is 0 Å². The van der Waals surface area contributed by atoms with E-state index in [2.05, 4.69) is 25.4 Å². The number of amides is 1. The second kappa shape index (κ2) is 7.10. The first-order chi connectivity index (χ1) is 11.9. The highest BCUT2D eigenvalue weighted by molar-refractivity contribution is 7.13. The number of aryl methyl sites for hydroxylation is 4. The zero-order chi connectivity index (χ0) is 18.0. The molecule has 0 radical (unpaired) electrons. The summed E-state index contributed by atoms with van der Waals surface area (Å²) in [5.74, 6) is 1.20. The minimum atomic E-state index is -0.106. The Kier molecular flexibility index (Phi) is 4.89. The fourth-order valence-electron chi connectivity index (χ4n) is 2.52. The van der Waals surface area contributed by atoms with Crippen molar-refractivity contribution in [2.75, 3.05) is 6.54 Å². The number of carbonyl (C=O) groups excluding carboxylic acids is 1. The molecule has 3 aromatic rings. The smallest absolute Gasteiger partial charge is 0.263 e. The van der Waals surface area contributed by atoms with Gasteiger partial charge in [0, 0.05) is 25.2 Å². The van der Waals surface area contributed by atoms with Crippen molar-refractivity contribution in [1.82, 2.24) is 25.4 Å². The van der Waals surface area contributed by atoms with E-state index < -0.39 is 0 Å². The van der Waals surface area contributed by atoms with E-state index in [0.29, 0.717) is 29.4 Å². The molecule has 0 aliphatic heterocycles. The number of thiazole rings is 1. The topological polar surface area (TPSA) is 93.8 Å². The van der Waals surface area contributed by atoms with Crippen molar-refractivity contribution in [1.29, 1.82) is 0 Å². The minimum absolute atomic E-state index is 0.106. The molecule has 7 nitrogen and oxygen atoms in total. The van der Waals surface area contributed by atoms with Gasteiger partial charge < -0.3 is 9.84 Å². The first kappa shape index (κ1) is 17.2. The lowest BCUT2D eigenvalue weighted by atomic mass is 10.1. The number of hydrogen-bond donors (Lipinski definition) is 1. The zero-order valence-corrected chi connectivity index (χ0v) is 15.4. The second-order valence-corrected chi connectivity index (χ2v) is 6.97. The van der Waals surface area contributed by atoms with Gasteiger partial charge in [0.15, 0.2) is 5.76 Å². The quantitative estimate of drug-likeness (QED) is 0.754. The lowest BCUT2D eigenvalue weighted by molar-refractivity contribution is 0.0957. The Bertz CT molecular complexity index is 916. The summed E-state index contributed by atoms with van der Waals surface area (Å²) in [6.45, 7) is 7.90. The van der Waals surface area contributed by atoms with E-state index in [1.165, 1.54) is 11.3 Å². The summed E-state index contributed by atoms with van der Waals surface area (Å²) in [5.41, 5.74) is 3.17. The van der Waals surface area contributed by atoms with Gasteiger partial charge in [-0.25, -0.2) is 15.0 Å². The van der Waals surface area contributed by atoms with Gasteiger partial charge in [-0.3, -0.25) is 4.79 Å². The van der Waals surface area contributed by atoms with Crippen molar-refractivity contribution >= 4 is 17.2 Å². The van der Waals surface area contributed by atoms with Crippen molar-refractivity contribution in [3.63, 3.8) is 0 Å². The zero-order valence-electron chi connectivity index (χ0n) is 14.6. The number of rotatable bonds is 5. The molecular weight excluding hydrogens is 338 g/mol. The predicted molar refractivity (Wildman–Crippen MR) is 94.6 cm³/mol. The standard InChI is InChI=1S/C17H19N5O2S/c1-9-7-15(24-22-9)13-8-19-11(3)21-14(13)5-6-18-17(23)16-10(2)20-12(4)25-16/h7-8H,5-6H2,1-4H3,(H,18,23). The Morgan fingerprint density at radius 1 is 1.24 bits per heavy atom. The van der Waals surface area contributed by atoms with Crippen molar-refractivity contribution < 1.29 is 9.32 Å². The lowest BCUT2D eigenvalue weighted by Gasteiger charge is -2.08. The van der Waals surface area contributed by atoms with Gasteiger partial charge in [0.05, 0.1) is 27.7 Å². The number of hydrogen-bond acceptors (Lipinski definition) is 7. The highest BCUT2D eigenvalue weighted by Crippen LogP contribution is 2.23. The summed E-state index contributed by atoms with van der Waals surface area (Å²) in [7, 11) is 0. The summed E-state index contributed by atoms with van der Waals surface area (Å²) < 4.78 is 5.32. The lowest BCUT2D eigenvalue weighted by Crippen LogP contribution is -2.26. The van der Waals surface area contributed by atoms with E-state index in [-0.39, 0.29) is 5.91 Å². The van der Waals surface area contributed by atoms with Crippen LogP contribution in [0.25, 0.3) is 11.3 Å². The predicted octanol–water partition coefficient (Wildman–Crippen LogP) is 2.79. The van der Waals surface area contributed by atoms with E-state index >= 15 is 0 Å². The molecule has 25 heavy (non-hydrogen) atoms. The Labute approximate surface area is 149 Å². The molecule has 0 unspecified atom stereocenters. The Morgan fingerprint density at radius 3 is 2.68 bits per heavy atom. The molecule has 0 bridgehead atoms. The van der Waals surface area contributed by atoms with Gasteiger partial charge in [-0.05, 0) is 27.7 Å². The molecule has 0 aliphatic carbocycles. The molecule has 1 N–H and O–H groups in total. The van der Waals surface area contributed by atoms with Gasteiger partial charge in [0.25, 0.3) is 5.91 Å². The van der Waals surface area contributed by atoms with Crippen LogP contribution in [0.1, 0.15) is 37.6 Å². The second-order valence-electron chi connectivity index (χ2n) is 5.76. The van der Waals surface area contributed by atoms with E-state index in [4.69, 9.17) is 4.52 Å². The third kappa shape index (κ3) is 3.90. The SMILES string of the molecule is Cc1cc(-c2cnc(C)nc2CCNC(=O)c2sc(C)nc2C)on1. The summed E-state index contributed by atoms with van der Waals surface area (Å²) in [6.07, 6.45) is 2.30. The average Bonchev–Trinajstić information content (AvgIpc) is 3.12. The molecular formula is C17H19N5O2S. The molecule has 0 spiro atoms. The van der Waals surface area contributed by atoms with Crippen molar-refractivity contribution in [2.24, 2.45) is 0 Å². The van der Waals surface area contributed by atoms with Gasteiger partial charge >= 0.3 is 0 Å². The molecule has 3 rings (SSSR count). The van der Waals surface area contributed by atoms with Crippen LogP contribution in [0, 0.1) is 27.7 Å². The Hall–Kier alpha value is -2.61. The molecule has 130 valence electrons. The maximum absolute atomic E-state index is 12.3. The van der Waals surface area contributed by atoms with Crippen molar-refractivity contribution in [3.8, 4) is 11.3 Å². The van der Waals surface area contributed by atoms with E-state index in [1.54, 1.807) is 6.20 Å². The Morgan fingerprint density at radius 2 is 2.04 bits per heavy atom. The van der Waals surface area contributed by atoms with Crippen LogP contribution in [0.15, 0.2) is 16.8 Å². The molecule has 0 atom stereocenters. The number of nitrogens with one attached hydrogen (secondary N) is 1. The van der Waals surface area contributed by atoms with Gasteiger partial charge in [0.1, 0.15) is 10.7 Å². The summed E-state index contributed by atoms with van der Waals surface area (Å²) in [5, 5.41) is 7.73. The van der Waals surface area contributed by atoms with Gasteiger partial charge in [-0.2, -0.15) is 0 Å². The molecule has 0 aliphatic rings. The van der Waals surface area contributed by atoms with Crippen LogP contribution in [0.5, 0.6) is 0 Å². The first-order valence-electron chi connectivity index (χ1n) is 7.92. The molecule has 0 saturated carbocycles. The maximum atomic E-state index is 12.3.